The molecule has 28 heavy (non-hydrogen) atoms. The van der Waals surface area contributed by atoms with Gasteiger partial charge in [0, 0.05) is 28.6 Å². The van der Waals surface area contributed by atoms with Crippen LogP contribution in [0.15, 0.2) is 78.9 Å². The Morgan fingerprint density at radius 2 is 1.64 bits per heavy atom. The molecule has 5 heteroatoms. The van der Waals surface area contributed by atoms with Crippen molar-refractivity contribution in [2.24, 2.45) is 0 Å². The van der Waals surface area contributed by atoms with Crippen LogP contribution >= 0.6 is 24.0 Å². The lowest BCUT2D eigenvalue weighted by molar-refractivity contribution is -0.114. The number of anilines is 1. The van der Waals surface area contributed by atoms with Gasteiger partial charge in [-0.25, -0.2) is 4.98 Å². The predicted molar refractivity (Wildman–Crippen MR) is 119 cm³/mol. The van der Waals surface area contributed by atoms with E-state index in [0.29, 0.717) is 5.02 Å². The molecule has 4 rings (SSSR count). The lowest BCUT2D eigenvalue weighted by Gasteiger charge is -2.12. The number of hydrogen-bond donors (Lipinski definition) is 1. The summed E-state index contributed by atoms with van der Waals surface area (Å²) in [4.78, 5) is 16.2. The minimum Gasteiger partial charge on any atom is -0.326 e. The molecule has 0 spiro atoms. The van der Waals surface area contributed by atoms with E-state index >= 15 is 0 Å². The number of nitrogens with zero attached hydrogens (tertiary/aromatic N) is 1. The monoisotopic (exact) mass is 408 g/mol. The first-order chi connectivity index (χ1) is 13.1. The summed E-state index contributed by atoms with van der Waals surface area (Å²) in [5.74, 6) is -0.0989. The van der Waals surface area contributed by atoms with Crippen LogP contribution in [0.2, 0.25) is 5.02 Å². The molecule has 3 nitrogen and oxygen atoms in total. The normalized spacial score (nSPS) is 10.4. The molecular weight excluding hydrogens is 391 g/mol. The quantitative estimate of drug-likeness (QED) is 0.414. The molecule has 0 atom stereocenters. The molecule has 0 saturated carbocycles. The van der Waals surface area contributed by atoms with Gasteiger partial charge in [-0.15, -0.1) is 12.4 Å². The van der Waals surface area contributed by atoms with Gasteiger partial charge >= 0.3 is 0 Å². The molecule has 0 unspecified atom stereocenters. The van der Waals surface area contributed by atoms with Crippen LogP contribution in [0, 0.1) is 0 Å². The summed E-state index contributed by atoms with van der Waals surface area (Å²) in [6, 6.07) is 25.7. The lowest BCUT2D eigenvalue weighted by atomic mass is 9.98. The molecule has 0 aliphatic rings. The van der Waals surface area contributed by atoms with Gasteiger partial charge in [-0.1, -0.05) is 54.1 Å². The summed E-state index contributed by atoms with van der Waals surface area (Å²) in [5, 5.41) is 4.51. The molecule has 0 bridgehead atoms. The minimum absolute atomic E-state index is 0. The summed E-state index contributed by atoms with van der Waals surface area (Å²) in [6.45, 7) is 1.50. The first-order valence-electron chi connectivity index (χ1n) is 8.64. The van der Waals surface area contributed by atoms with Gasteiger partial charge in [-0.2, -0.15) is 0 Å². The van der Waals surface area contributed by atoms with Crippen molar-refractivity contribution in [3.8, 4) is 22.4 Å². The molecule has 0 radical (unpaired) electrons. The van der Waals surface area contributed by atoms with E-state index < -0.39 is 0 Å². The summed E-state index contributed by atoms with van der Waals surface area (Å²) in [5.41, 5.74) is 5.58. The zero-order valence-corrected chi connectivity index (χ0v) is 16.7. The standard InChI is InChI=1S/C23H17ClN2O.ClH/c1-15(27)25-19-9-5-8-17(12-19)23-14-20(16-6-3-2-4-7-16)21-13-18(24)10-11-22(21)26-23;/h2-14H,1H3,(H,25,27);1H. The van der Waals surface area contributed by atoms with E-state index in [4.69, 9.17) is 16.6 Å². The van der Waals surface area contributed by atoms with Gasteiger partial charge in [0.1, 0.15) is 0 Å². The highest BCUT2D eigenvalue weighted by molar-refractivity contribution is 6.31. The summed E-state index contributed by atoms with van der Waals surface area (Å²) < 4.78 is 0. The summed E-state index contributed by atoms with van der Waals surface area (Å²) in [6.07, 6.45) is 0. The van der Waals surface area contributed by atoms with Crippen LogP contribution in [0.3, 0.4) is 0 Å². The molecule has 140 valence electrons. The van der Waals surface area contributed by atoms with E-state index in [2.05, 4.69) is 23.5 Å². The molecule has 0 aliphatic carbocycles. The average molecular weight is 409 g/mol. The van der Waals surface area contributed by atoms with Crippen LogP contribution in [0.5, 0.6) is 0 Å². The van der Waals surface area contributed by atoms with E-state index in [1.807, 2.05) is 60.7 Å². The smallest absolute Gasteiger partial charge is 0.221 e. The Bertz CT molecular complexity index is 1140. The van der Waals surface area contributed by atoms with Crippen molar-refractivity contribution >= 4 is 46.5 Å². The molecule has 1 amide bonds. The maximum absolute atomic E-state index is 11.4. The maximum atomic E-state index is 11.4. The van der Waals surface area contributed by atoms with Crippen LogP contribution in [0.25, 0.3) is 33.3 Å². The fraction of sp³-hybridized carbons (Fsp3) is 0.0435. The van der Waals surface area contributed by atoms with Crippen molar-refractivity contribution in [2.75, 3.05) is 5.32 Å². The second kappa shape index (κ2) is 8.42. The first-order valence-corrected chi connectivity index (χ1v) is 9.02. The molecule has 0 aliphatic heterocycles. The molecule has 1 aromatic heterocycles. The zero-order chi connectivity index (χ0) is 18.8. The molecule has 3 aromatic carbocycles. The van der Waals surface area contributed by atoms with Gasteiger partial charge in [-0.05, 0) is 47.5 Å². The van der Waals surface area contributed by atoms with Gasteiger partial charge in [0.25, 0.3) is 0 Å². The van der Waals surface area contributed by atoms with Crippen LogP contribution in [-0.2, 0) is 4.79 Å². The topological polar surface area (TPSA) is 42.0 Å². The first kappa shape index (κ1) is 19.9. The van der Waals surface area contributed by atoms with Crippen molar-refractivity contribution < 1.29 is 4.79 Å². The second-order valence-corrected chi connectivity index (χ2v) is 6.78. The van der Waals surface area contributed by atoms with Crippen LogP contribution in [0.4, 0.5) is 5.69 Å². The number of nitrogens with one attached hydrogen (secondary N) is 1. The number of aromatic nitrogens is 1. The molecule has 0 saturated heterocycles. The average Bonchev–Trinajstić information content (AvgIpc) is 2.67. The van der Waals surface area contributed by atoms with E-state index in [0.717, 1.165) is 39.0 Å². The summed E-state index contributed by atoms with van der Waals surface area (Å²) in [7, 11) is 0. The Morgan fingerprint density at radius 1 is 0.893 bits per heavy atom. The number of pyridine rings is 1. The maximum Gasteiger partial charge on any atom is 0.221 e. The SMILES string of the molecule is CC(=O)Nc1cccc(-c2cc(-c3ccccc3)c3cc(Cl)ccc3n2)c1.Cl. The van der Waals surface area contributed by atoms with Gasteiger partial charge in [0.05, 0.1) is 11.2 Å². The third-order valence-corrected chi connectivity index (χ3v) is 4.57. The third kappa shape index (κ3) is 4.16. The van der Waals surface area contributed by atoms with Crippen molar-refractivity contribution in [2.45, 2.75) is 6.92 Å². The second-order valence-electron chi connectivity index (χ2n) is 6.34. The Balaban J connectivity index is 0.00000225. The fourth-order valence-corrected chi connectivity index (χ4v) is 3.33. The van der Waals surface area contributed by atoms with Gasteiger partial charge in [0.2, 0.25) is 5.91 Å². The Kier molecular flexibility index (Phi) is 5.98. The molecule has 4 aromatic rings. The highest BCUT2D eigenvalue weighted by Gasteiger charge is 2.11. The lowest BCUT2D eigenvalue weighted by Crippen LogP contribution is -2.05. The minimum atomic E-state index is -0.0989. The molecular formula is C23H18Cl2N2O. The van der Waals surface area contributed by atoms with E-state index in [-0.39, 0.29) is 18.3 Å². The summed E-state index contributed by atoms with van der Waals surface area (Å²) >= 11 is 6.24. The fourth-order valence-electron chi connectivity index (χ4n) is 3.16. The van der Waals surface area contributed by atoms with E-state index in [1.165, 1.54) is 6.92 Å². The highest BCUT2D eigenvalue weighted by atomic mass is 35.5. The Labute approximate surface area is 174 Å². The van der Waals surface area contributed by atoms with Crippen molar-refractivity contribution in [3.63, 3.8) is 0 Å². The number of amides is 1. The molecule has 1 heterocycles. The number of carbonyl (C=O) groups is 1. The van der Waals surface area contributed by atoms with E-state index in [1.54, 1.807) is 0 Å². The van der Waals surface area contributed by atoms with Crippen molar-refractivity contribution in [1.82, 2.24) is 4.98 Å². The van der Waals surface area contributed by atoms with Crippen LogP contribution in [-0.4, -0.2) is 10.9 Å². The van der Waals surface area contributed by atoms with Crippen molar-refractivity contribution in [1.29, 1.82) is 0 Å². The van der Waals surface area contributed by atoms with Gasteiger partial charge in [-0.3, -0.25) is 4.79 Å². The van der Waals surface area contributed by atoms with Gasteiger partial charge < -0.3 is 5.32 Å². The number of benzene rings is 3. The van der Waals surface area contributed by atoms with Crippen LogP contribution < -0.4 is 5.32 Å². The Morgan fingerprint density at radius 3 is 2.39 bits per heavy atom. The number of halogens is 2. The van der Waals surface area contributed by atoms with Crippen molar-refractivity contribution in [3.05, 3.63) is 83.9 Å². The number of fused-ring (bicyclic) bond motifs is 1. The van der Waals surface area contributed by atoms with Gasteiger partial charge in [0.15, 0.2) is 0 Å². The molecule has 0 fully saturated rings. The Hall–Kier alpha value is -2.88. The van der Waals surface area contributed by atoms with E-state index in [9.17, 15) is 4.79 Å². The number of carbonyl (C=O) groups excluding carboxylic acids is 1. The highest BCUT2D eigenvalue weighted by Crippen LogP contribution is 2.34. The zero-order valence-electron chi connectivity index (χ0n) is 15.1. The van der Waals surface area contributed by atoms with Crippen LogP contribution in [0.1, 0.15) is 6.92 Å². The number of rotatable bonds is 3. The number of hydrogen-bond acceptors (Lipinski definition) is 2. The molecule has 1 N–H and O–H groups in total. The largest absolute Gasteiger partial charge is 0.326 e. The third-order valence-electron chi connectivity index (χ3n) is 4.33. The predicted octanol–water partition coefficient (Wildman–Crippen LogP) is 6.60.